The minimum absolute atomic E-state index is 0.0159. The van der Waals surface area contributed by atoms with E-state index in [0.717, 1.165) is 22.3 Å². The molecule has 4 rings (SSSR count). The van der Waals surface area contributed by atoms with Gasteiger partial charge in [0.25, 0.3) is 0 Å². The van der Waals surface area contributed by atoms with Crippen LogP contribution in [0.15, 0.2) is 54.6 Å². The lowest BCUT2D eigenvalue weighted by atomic mass is 9.81. The molecule has 0 spiro atoms. The van der Waals surface area contributed by atoms with Crippen molar-refractivity contribution in [2.24, 2.45) is 0 Å². The Balaban J connectivity index is 1.86. The Hall–Kier alpha value is -4.49. The molecule has 0 bridgehead atoms. The summed E-state index contributed by atoms with van der Waals surface area (Å²) in [7, 11) is 0. The summed E-state index contributed by atoms with van der Waals surface area (Å²) in [5.74, 6) is -0.433. The molecule has 0 atom stereocenters. The number of aliphatic hydroxyl groups excluding tert-OH is 1. The molecule has 0 heterocycles. The van der Waals surface area contributed by atoms with Gasteiger partial charge in [0.15, 0.2) is 0 Å². The monoisotopic (exact) mass is 682 g/mol. The van der Waals surface area contributed by atoms with Crippen LogP contribution in [0.2, 0.25) is 0 Å². The number of ether oxygens (including phenoxy) is 1. The molecule has 0 saturated carbocycles. The van der Waals surface area contributed by atoms with Crippen molar-refractivity contribution >= 4 is 5.97 Å². The van der Waals surface area contributed by atoms with Crippen molar-refractivity contribution in [3.63, 3.8) is 0 Å². The van der Waals surface area contributed by atoms with Crippen LogP contribution in [-0.4, -0.2) is 38.1 Å². The highest BCUT2D eigenvalue weighted by Gasteiger charge is 2.25. The van der Waals surface area contributed by atoms with Gasteiger partial charge in [-0.15, -0.1) is 0 Å². The molecule has 0 radical (unpaired) electrons. The Morgan fingerprint density at radius 1 is 0.540 bits per heavy atom. The van der Waals surface area contributed by atoms with E-state index in [9.17, 15) is 30.3 Å². The van der Waals surface area contributed by atoms with Crippen molar-refractivity contribution < 1.29 is 35.1 Å². The maximum absolute atomic E-state index is 12.6. The number of benzene rings is 4. The number of phenolic OH excluding ortho intramolecular Hbond substituents is 3. The van der Waals surface area contributed by atoms with Crippen LogP contribution in [0.25, 0.3) is 0 Å². The first kappa shape index (κ1) is 38.3. The number of aliphatic hydroxyl groups is 1. The number of phenols is 4. The van der Waals surface area contributed by atoms with E-state index in [4.69, 9.17) is 4.74 Å². The molecule has 7 nitrogen and oxygen atoms in total. The molecule has 4 aromatic rings. The third-order valence-electron chi connectivity index (χ3n) is 9.31. The highest BCUT2D eigenvalue weighted by Crippen LogP contribution is 2.40. The Morgan fingerprint density at radius 2 is 0.900 bits per heavy atom. The number of hydrogen-bond donors (Lipinski definition) is 5. The van der Waals surface area contributed by atoms with Crippen molar-refractivity contribution in [2.45, 2.75) is 111 Å². The van der Waals surface area contributed by atoms with Crippen molar-refractivity contribution in [1.29, 1.82) is 0 Å². The lowest BCUT2D eigenvalue weighted by Gasteiger charge is -2.25. The SMILES string of the molecule is CCOC(=O)c1cc(CO)c(O)c(Cc2cc(C(C)(C)C)cc(Cc3cc(C(C)(C)C)cc(Cc4cc(C(C)(C)C)ccc4O)c3O)c2O)c1. The van der Waals surface area contributed by atoms with Gasteiger partial charge < -0.3 is 30.3 Å². The van der Waals surface area contributed by atoms with E-state index in [1.54, 1.807) is 13.0 Å². The molecule has 268 valence electrons. The minimum Gasteiger partial charge on any atom is -0.508 e. The number of rotatable bonds is 9. The van der Waals surface area contributed by atoms with Gasteiger partial charge in [-0.3, -0.25) is 0 Å². The van der Waals surface area contributed by atoms with E-state index < -0.39 is 12.6 Å². The van der Waals surface area contributed by atoms with Crippen LogP contribution in [0.4, 0.5) is 0 Å². The summed E-state index contributed by atoms with van der Waals surface area (Å²) in [5.41, 5.74) is 6.28. The first-order chi connectivity index (χ1) is 23.1. The maximum atomic E-state index is 12.6. The van der Waals surface area contributed by atoms with E-state index in [1.807, 2.05) is 36.4 Å². The molecule has 0 aliphatic carbocycles. The third-order valence-corrected chi connectivity index (χ3v) is 9.31. The maximum Gasteiger partial charge on any atom is 0.338 e. The molecule has 50 heavy (non-hydrogen) atoms. The normalized spacial score (nSPS) is 12.3. The van der Waals surface area contributed by atoms with Gasteiger partial charge >= 0.3 is 5.97 Å². The number of carbonyl (C=O) groups is 1. The van der Waals surface area contributed by atoms with Crippen LogP contribution >= 0.6 is 0 Å². The van der Waals surface area contributed by atoms with E-state index >= 15 is 0 Å². The number of esters is 1. The fraction of sp³-hybridized carbons (Fsp3) is 0.419. The summed E-state index contributed by atoms with van der Waals surface area (Å²) in [6, 6.07) is 16.4. The molecular weight excluding hydrogens is 628 g/mol. The quantitative estimate of drug-likeness (QED) is 0.112. The fourth-order valence-electron chi connectivity index (χ4n) is 6.08. The minimum atomic E-state index is -0.569. The van der Waals surface area contributed by atoms with Gasteiger partial charge in [-0.1, -0.05) is 98.7 Å². The molecule has 0 aliphatic heterocycles. The van der Waals surface area contributed by atoms with Gasteiger partial charge in [-0.05, 0) is 91.4 Å². The molecule has 0 fully saturated rings. The average molecular weight is 683 g/mol. The smallest absolute Gasteiger partial charge is 0.338 e. The van der Waals surface area contributed by atoms with Gasteiger partial charge in [0.2, 0.25) is 0 Å². The van der Waals surface area contributed by atoms with Gasteiger partial charge in [0.1, 0.15) is 23.0 Å². The van der Waals surface area contributed by atoms with Gasteiger partial charge in [0.05, 0.1) is 18.8 Å². The second-order valence-corrected chi connectivity index (χ2v) is 16.4. The highest BCUT2D eigenvalue weighted by atomic mass is 16.5. The zero-order valence-electron chi connectivity index (χ0n) is 31.3. The molecule has 0 amide bonds. The molecule has 0 saturated heterocycles. The summed E-state index contributed by atoms with van der Waals surface area (Å²) in [6.45, 7) is 20.3. The molecule has 0 aromatic heterocycles. The Kier molecular flexibility index (Phi) is 11.0. The van der Waals surface area contributed by atoms with Gasteiger partial charge in [-0.2, -0.15) is 0 Å². The Labute approximate surface area is 297 Å². The molecule has 5 N–H and O–H groups in total. The number of hydrogen-bond acceptors (Lipinski definition) is 7. The molecule has 7 heteroatoms. The van der Waals surface area contributed by atoms with Gasteiger partial charge in [0, 0.05) is 24.8 Å². The Bertz CT molecular complexity index is 1880. The van der Waals surface area contributed by atoms with Crippen LogP contribution < -0.4 is 0 Å². The summed E-state index contributed by atoms with van der Waals surface area (Å²) in [6.07, 6.45) is 0.620. The van der Waals surface area contributed by atoms with E-state index in [-0.39, 0.29) is 69.8 Å². The van der Waals surface area contributed by atoms with E-state index in [1.165, 1.54) is 12.1 Å². The largest absolute Gasteiger partial charge is 0.508 e. The predicted octanol–water partition coefficient (Wildman–Crippen LogP) is 8.84. The lowest BCUT2D eigenvalue weighted by Crippen LogP contribution is -2.14. The standard InChI is InChI=1S/C43H54O7/c1-11-50-40(49)31-17-26(39(48)32(18-31)24-44)15-28-21-35(43(8,9)10)23-30(38(28)47)16-29-22-34(42(5,6)7)20-27(37(29)46)14-25-19-33(41(2,3)4)12-13-36(25)45/h12-13,17-23,44-48H,11,14-16,24H2,1-10H3. The van der Waals surface area contributed by atoms with Crippen LogP contribution in [0.1, 0.15) is 135 Å². The zero-order chi connectivity index (χ0) is 37.3. The molecule has 0 aliphatic rings. The van der Waals surface area contributed by atoms with Crippen molar-refractivity contribution in [2.75, 3.05) is 6.61 Å². The summed E-state index contributed by atoms with van der Waals surface area (Å²) < 4.78 is 5.18. The molecular formula is C43H54O7. The van der Waals surface area contributed by atoms with Crippen LogP contribution in [0, 0.1) is 0 Å². The summed E-state index contributed by atoms with van der Waals surface area (Å²) in [5, 5.41) is 55.4. The van der Waals surface area contributed by atoms with Crippen LogP contribution in [-0.2, 0) is 46.9 Å². The summed E-state index contributed by atoms with van der Waals surface area (Å²) >= 11 is 0. The van der Waals surface area contributed by atoms with E-state index in [2.05, 4.69) is 62.3 Å². The average Bonchev–Trinajstić information content (AvgIpc) is 3.01. The second-order valence-electron chi connectivity index (χ2n) is 16.4. The molecule has 4 aromatic carbocycles. The third kappa shape index (κ3) is 8.62. The van der Waals surface area contributed by atoms with Gasteiger partial charge in [-0.25, -0.2) is 4.79 Å². The van der Waals surface area contributed by atoms with Crippen molar-refractivity contribution in [3.8, 4) is 23.0 Å². The Morgan fingerprint density at radius 3 is 1.30 bits per heavy atom. The van der Waals surface area contributed by atoms with Crippen LogP contribution in [0.5, 0.6) is 23.0 Å². The predicted molar refractivity (Wildman–Crippen MR) is 199 cm³/mol. The summed E-state index contributed by atoms with van der Waals surface area (Å²) in [4.78, 5) is 12.6. The highest BCUT2D eigenvalue weighted by molar-refractivity contribution is 5.90. The molecule has 0 unspecified atom stereocenters. The first-order valence-electron chi connectivity index (χ1n) is 17.3. The second kappa shape index (κ2) is 14.4. The van der Waals surface area contributed by atoms with Crippen LogP contribution in [0.3, 0.4) is 0 Å². The zero-order valence-corrected chi connectivity index (χ0v) is 31.3. The topological polar surface area (TPSA) is 127 Å². The lowest BCUT2D eigenvalue weighted by molar-refractivity contribution is 0.0526. The number of aromatic hydroxyl groups is 4. The fourth-order valence-corrected chi connectivity index (χ4v) is 6.08. The van der Waals surface area contributed by atoms with Crippen molar-refractivity contribution in [1.82, 2.24) is 0 Å². The van der Waals surface area contributed by atoms with E-state index in [0.29, 0.717) is 34.2 Å². The first-order valence-corrected chi connectivity index (χ1v) is 17.3. The van der Waals surface area contributed by atoms with Crippen molar-refractivity contribution in [3.05, 3.63) is 116 Å². The number of carbonyl (C=O) groups excluding carboxylic acids is 1.